The molecule has 1 N–H and O–H groups in total. The normalized spacial score (nSPS) is 10.2. The molecule has 1 amide bonds. The van der Waals surface area contributed by atoms with Crippen LogP contribution in [0.15, 0.2) is 42.5 Å². The van der Waals surface area contributed by atoms with Crippen LogP contribution in [0.2, 0.25) is 10.0 Å². The summed E-state index contributed by atoms with van der Waals surface area (Å²) < 4.78 is 18.0. The topological polar surface area (TPSA) is 55.4 Å². The summed E-state index contributed by atoms with van der Waals surface area (Å²) in [7, 11) is 0. The van der Waals surface area contributed by atoms with Crippen LogP contribution in [0.25, 0.3) is 0 Å². The highest BCUT2D eigenvalue weighted by Crippen LogP contribution is 2.21. The van der Waals surface area contributed by atoms with E-state index in [9.17, 15) is 14.0 Å². The Bertz CT molecular complexity index is 737. The molecular weight excluding hydrogens is 344 g/mol. The molecule has 0 fully saturated rings. The number of hydrogen-bond acceptors (Lipinski definition) is 3. The first-order chi connectivity index (χ1) is 11.0. The second kappa shape index (κ2) is 7.94. The third kappa shape index (κ3) is 5.23. The fourth-order valence-corrected chi connectivity index (χ4v) is 2.20. The van der Waals surface area contributed by atoms with E-state index in [1.807, 2.05) is 0 Å². The molecule has 0 saturated carbocycles. The molecule has 7 heteroatoms. The molecule has 0 spiro atoms. The number of ether oxygens (including phenoxy) is 1. The number of carbonyl (C=O) groups excluding carboxylic acids is 2. The van der Waals surface area contributed by atoms with Gasteiger partial charge in [0.05, 0.1) is 0 Å². The van der Waals surface area contributed by atoms with Crippen LogP contribution in [-0.4, -0.2) is 18.4 Å². The Hall–Kier alpha value is -2.11. The molecule has 0 unspecified atom stereocenters. The van der Waals surface area contributed by atoms with Gasteiger partial charge in [0.2, 0.25) is 0 Å². The van der Waals surface area contributed by atoms with Crippen molar-refractivity contribution in [3.8, 4) is 0 Å². The van der Waals surface area contributed by atoms with Crippen molar-refractivity contribution >= 4 is 35.1 Å². The van der Waals surface area contributed by atoms with E-state index in [0.717, 1.165) is 6.07 Å². The van der Waals surface area contributed by atoms with Gasteiger partial charge in [0.1, 0.15) is 19.0 Å². The molecule has 0 aliphatic carbocycles. The monoisotopic (exact) mass is 355 g/mol. The van der Waals surface area contributed by atoms with E-state index in [4.69, 9.17) is 27.9 Å². The van der Waals surface area contributed by atoms with Crippen LogP contribution in [0.3, 0.4) is 0 Å². The third-order valence-electron chi connectivity index (χ3n) is 2.88. The lowest BCUT2D eigenvalue weighted by Crippen LogP contribution is -2.30. The summed E-state index contributed by atoms with van der Waals surface area (Å²) in [6, 6.07) is 9.96. The minimum atomic E-state index is -0.638. The predicted molar refractivity (Wildman–Crippen MR) is 85.0 cm³/mol. The Labute approximate surface area is 142 Å². The molecule has 0 atom stereocenters. The largest absolute Gasteiger partial charge is 0.459 e. The molecule has 2 aromatic rings. The number of esters is 1. The van der Waals surface area contributed by atoms with E-state index in [1.54, 1.807) is 12.1 Å². The number of amides is 1. The molecule has 0 heterocycles. The number of carbonyl (C=O) groups is 2. The van der Waals surface area contributed by atoms with E-state index in [2.05, 4.69) is 5.32 Å². The van der Waals surface area contributed by atoms with Crippen LogP contribution in [0.1, 0.15) is 15.9 Å². The Morgan fingerprint density at radius 3 is 2.61 bits per heavy atom. The summed E-state index contributed by atoms with van der Waals surface area (Å²) >= 11 is 11.7. The van der Waals surface area contributed by atoms with Crippen molar-refractivity contribution in [2.24, 2.45) is 0 Å². The molecule has 0 radical (unpaired) electrons. The molecule has 0 aromatic heterocycles. The first-order valence-electron chi connectivity index (χ1n) is 6.59. The van der Waals surface area contributed by atoms with Crippen molar-refractivity contribution in [2.75, 3.05) is 6.54 Å². The van der Waals surface area contributed by atoms with Gasteiger partial charge in [-0.15, -0.1) is 0 Å². The van der Waals surface area contributed by atoms with Crippen LogP contribution < -0.4 is 5.32 Å². The highest BCUT2D eigenvalue weighted by Gasteiger charge is 2.10. The second-order valence-electron chi connectivity index (χ2n) is 4.59. The maximum Gasteiger partial charge on any atom is 0.325 e. The maximum atomic E-state index is 13.0. The predicted octanol–water partition coefficient (Wildman–Crippen LogP) is 3.61. The molecule has 2 aromatic carbocycles. The number of nitrogens with one attached hydrogen (secondary N) is 1. The lowest BCUT2D eigenvalue weighted by atomic mass is 10.2. The zero-order valence-electron chi connectivity index (χ0n) is 11.8. The summed E-state index contributed by atoms with van der Waals surface area (Å²) in [5.74, 6) is -1.73. The molecule has 0 aliphatic rings. The van der Waals surface area contributed by atoms with Crippen molar-refractivity contribution in [1.29, 1.82) is 0 Å². The van der Waals surface area contributed by atoms with Crippen molar-refractivity contribution in [2.45, 2.75) is 6.61 Å². The average molecular weight is 356 g/mol. The third-order valence-corrected chi connectivity index (χ3v) is 3.47. The van der Waals surface area contributed by atoms with E-state index in [1.165, 1.54) is 24.3 Å². The SMILES string of the molecule is O=C(CNC(=O)c1cccc(F)c1)OCc1ccc(Cl)cc1Cl. The zero-order valence-corrected chi connectivity index (χ0v) is 13.3. The van der Waals surface area contributed by atoms with Crippen LogP contribution in [0.4, 0.5) is 4.39 Å². The minimum Gasteiger partial charge on any atom is -0.459 e. The van der Waals surface area contributed by atoms with Gasteiger partial charge in [0, 0.05) is 21.2 Å². The molecule has 0 bridgehead atoms. The number of halogens is 3. The lowest BCUT2D eigenvalue weighted by molar-refractivity contribution is -0.143. The first-order valence-corrected chi connectivity index (χ1v) is 7.34. The van der Waals surface area contributed by atoms with Gasteiger partial charge in [0.25, 0.3) is 5.91 Å². The van der Waals surface area contributed by atoms with Crippen LogP contribution >= 0.6 is 23.2 Å². The molecule has 23 heavy (non-hydrogen) atoms. The van der Waals surface area contributed by atoms with Gasteiger partial charge in [-0.25, -0.2) is 4.39 Å². The van der Waals surface area contributed by atoms with Gasteiger partial charge >= 0.3 is 5.97 Å². The van der Waals surface area contributed by atoms with Crippen molar-refractivity contribution in [3.05, 3.63) is 69.5 Å². The maximum absolute atomic E-state index is 13.0. The highest BCUT2D eigenvalue weighted by molar-refractivity contribution is 6.35. The summed E-state index contributed by atoms with van der Waals surface area (Å²) in [6.45, 7) is -0.370. The summed E-state index contributed by atoms with van der Waals surface area (Å²) in [4.78, 5) is 23.4. The van der Waals surface area contributed by atoms with Crippen molar-refractivity contribution < 1.29 is 18.7 Å². The second-order valence-corrected chi connectivity index (χ2v) is 5.43. The Balaban J connectivity index is 1.82. The summed E-state index contributed by atoms with van der Waals surface area (Å²) in [5.41, 5.74) is 0.722. The highest BCUT2D eigenvalue weighted by atomic mass is 35.5. The fourth-order valence-electron chi connectivity index (χ4n) is 1.73. The molecule has 2 rings (SSSR count). The molecule has 4 nitrogen and oxygen atoms in total. The Morgan fingerprint density at radius 2 is 1.91 bits per heavy atom. The van der Waals surface area contributed by atoms with Gasteiger partial charge in [-0.1, -0.05) is 35.3 Å². The molecular formula is C16H12Cl2FNO3. The van der Waals surface area contributed by atoms with E-state index >= 15 is 0 Å². The lowest BCUT2D eigenvalue weighted by Gasteiger charge is -2.08. The Kier molecular flexibility index (Phi) is 5.96. The van der Waals surface area contributed by atoms with E-state index in [-0.39, 0.29) is 18.7 Å². The van der Waals surface area contributed by atoms with E-state index in [0.29, 0.717) is 15.6 Å². The number of hydrogen-bond donors (Lipinski definition) is 1. The van der Waals surface area contributed by atoms with Gasteiger partial charge in [-0.2, -0.15) is 0 Å². The molecule has 120 valence electrons. The van der Waals surface area contributed by atoms with Crippen LogP contribution in [-0.2, 0) is 16.1 Å². The Morgan fingerprint density at radius 1 is 1.13 bits per heavy atom. The smallest absolute Gasteiger partial charge is 0.325 e. The zero-order chi connectivity index (χ0) is 16.8. The number of rotatable bonds is 5. The van der Waals surface area contributed by atoms with Crippen LogP contribution in [0.5, 0.6) is 0 Å². The summed E-state index contributed by atoms with van der Waals surface area (Å²) in [5, 5.41) is 3.21. The standard InChI is InChI=1S/C16H12Cl2FNO3/c17-12-5-4-11(14(18)7-12)9-23-15(21)8-20-16(22)10-2-1-3-13(19)6-10/h1-7H,8-9H2,(H,20,22). The van der Waals surface area contributed by atoms with Crippen LogP contribution in [0, 0.1) is 5.82 Å². The van der Waals surface area contributed by atoms with Crippen molar-refractivity contribution in [3.63, 3.8) is 0 Å². The minimum absolute atomic E-state index is 0.0370. The average Bonchev–Trinajstić information content (AvgIpc) is 2.51. The van der Waals surface area contributed by atoms with E-state index < -0.39 is 17.7 Å². The quantitative estimate of drug-likeness (QED) is 0.833. The number of benzene rings is 2. The first kappa shape index (κ1) is 17.2. The van der Waals surface area contributed by atoms with Gasteiger partial charge in [-0.3, -0.25) is 9.59 Å². The van der Waals surface area contributed by atoms with Gasteiger partial charge < -0.3 is 10.1 Å². The van der Waals surface area contributed by atoms with Crippen molar-refractivity contribution in [1.82, 2.24) is 5.32 Å². The molecule has 0 aliphatic heterocycles. The van der Waals surface area contributed by atoms with Gasteiger partial charge in [0.15, 0.2) is 0 Å². The fraction of sp³-hybridized carbons (Fsp3) is 0.125. The summed E-state index contributed by atoms with van der Waals surface area (Å²) in [6.07, 6.45) is 0. The molecule has 0 saturated heterocycles. The van der Waals surface area contributed by atoms with Gasteiger partial charge in [-0.05, 0) is 30.3 Å².